The summed E-state index contributed by atoms with van der Waals surface area (Å²) in [5.74, 6) is 1.66. The van der Waals surface area contributed by atoms with Gasteiger partial charge in [-0.25, -0.2) is 0 Å². The number of pyridine rings is 1. The number of aliphatic imine (C=N–C) groups is 1. The number of hydrogen-bond acceptors (Lipinski definition) is 3. The highest BCUT2D eigenvalue weighted by Gasteiger charge is 2.15. The first-order valence-corrected chi connectivity index (χ1v) is 8.69. The first kappa shape index (κ1) is 15.9. The molecule has 0 saturated carbocycles. The van der Waals surface area contributed by atoms with Gasteiger partial charge >= 0.3 is 0 Å². The minimum Gasteiger partial charge on any atom is -0.457 e. The molecule has 0 bridgehead atoms. The summed E-state index contributed by atoms with van der Waals surface area (Å²) in [5.41, 5.74) is 4.27. The molecule has 0 spiro atoms. The maximum atomic E-state index is 6.01. The zero-order chi connectivity index (χ0) is 17.1. The van der Waals surface area contributed by atoms with E-state index < -0.39 is 0 Å². The molecule has 0 saturated heterocycles. The predicted molar refractivity (Wildman–Crippen MR) is 102 cm³/mol. The van der Waals surface area contributed by atoms with Crippen molar-refractivity contribution < 1.29 is 4.42 Å². The van der Waals surface area contributed by atoms with Crippen molar-refractivity contribution in [3.05, 3.63) is 82.8 Å². The SMILES string of the molecule is Clc1ccc(-c2ccc(/C=C3\CCCN=C3c3cccnc3)o2)cc1. The highest BCUT2D eigenvalue weighted by Crippen LogP contribution is 2.27. The smallest absolute Gasteiger partial charge is 0.134 e. The van der Waals surface area contributed by atoms with Crippen LogP contribution in [-0.4, -0.2) is 17.2 Å². The van der Waals surface area contributed by atoms with Crippen LogP contribution < -0.4 is 0 Å². The molecule has 0 atom stereocenters. The molecule has 0 radical (unpaired) electrons. The van der Waals surface area contributed by atoms with Crippen LogP contribution in [0.5, 0.6) is 0 Å². The van der Waals surface area contributed by atoms with Crippen molar-refractivity contribution in [2.24, 2.45) is 4.99 Å². The van der Waals surface area contributed by atoms with Gasteiger partial charge in [-0.05, 0) is 73.0 Å². The Kier molecular flexibility index (Phi) is 4.49. The van der Waals surface area contributed by atoms with Crippen molar-refractivity contribution in [1.82, 2.24) is 4.98 Å². The molecule has 0 N–H and O–H groups in total. The number of furan rings is 1. The molecule has 0 amide bonds. The fraction of sp³-hybridized carbons (Fsp3) is 0.143. The van der Waals surface area contributed by atoms with Crippen molar-refractivity contribution in [2.45, 2.75) is 12.8 Å². The minimum atomic E-state index is 0.720. The Morgan fingerprint density at radius 3 is 2.68 bits per heavy atom. The Balaban J connectivity index is 1.65. The summed E-state index contributed by atoms with van der Waals surface area (Å²) in [7, 11) is 0. The molecular formula is C21H17ClN2O. The lowest BCUT2D eigenvalue weighted by Crippen LogP contribution is -2.11. The Labute approximate surface area is 151 Å². The third-order valence-electron chi connectivity index (χ3n) is 4.19. The quantitative estimate of drug-likeness (QED) is 0.612. The van der Waals surface area contributed by atoms with Crippen molar-refractivity contribution in [3.63, 3.8) is 0 Å². The summed E-state index contributed by atoms with van der Waals surface area (Å²) < 4.78 is 6.01. The van der Waals surface area contributed by atoms with Crippen LogP contribution in [0, 0.1) is 0 Å². The van der Waals surface area contributed by atoms with Crippen molar-refractivity contribution in [3.8, 4) is 11.3 Å². The molecule has 1 aliphatic heterocycles. The summed E-state index contributed by atoms with van der Waals surface area (Å²) in [4.78, 5) is 8.91. The van der Waals surface area contributed by atoms with E-state index in [4.69, 9.17) is 21.0 Å². The van der Waals surface area contributed by atoms with Crippen molar-refractivity contribution in [2.75, 3.05) is 6.54 Å². The second kappa shape index (κ2) is 7.08. The van der Waals surface area contributed by atoms with Gasteiger partial charge in [-0.1, -0.05) is 11.6 Å². The van der Waals surface area contributed by atoms with Gasteiger partial charge in [0.25, 0.3) is 0 Å². The van der Waals surface area contributed by atoms with E-state index in [1.165, 1.54) is 5.57 Å². The summed E-state index contributed by atoms with van der Waals surface area (Å²) >= 11 is 5.95. The van der Waals surface area contributed by atoms with Crippen LogP contribution >= 0.6 is 11.6 Å². The second-order valence-corrected chi connectivity index (χ2v) is 6.39. The highest BCUT2D eigenvalue weighted by molar-refractivity contribution is 6.30. The third kappa shape index (κ3) is 3.57. The second-order valence-electron chi connectivity index (χ2n) is 5.95. The molecule has 3 aromatic rings. The molecule has 124 valence electrons. The fourth-order valence-electron chi connectivity index (χ4n) is 2.97. The summed E-state index contributed by atoms with van der Waals surface area (Å²) in [6.07, 6.45) is 7.77. The van der Waals surface area contributed by atoms with E-state index in [1.54, 1.807) is 6.20 Å². The zero-order valence-electron chi connectivity index (χ0n) is 13.7. The van der Waals surface area contributed by atoms with Crippen LogP contribution in [0.4, 0.5) is 0 Å². The van der Waals surface area contributed by atoms with Gasteiger partial charge in [0, 0.05) is 35.1 Å². The number of nitrogens with zero attached hydrogens (tertiary/aromatic N) is 2. The maximum Gasteiger partial charge on any atom is 0.134 e. The lowest BCUT2D eigenvalue weighted by Gasteiger charge is -2.15. The highest BCUT2D eigenvalue weighted by atomic mass is 35.5. The largest absolute Gasteiger partial charge is 0.457 e. The molecule has 4 heteroatoms. The van der Waals surface area contributed by atoms with Crippen LogP contribution in [0.3, 0.4) is 0 Å². The van der Waals surface area contributed by atoms with Crippen LogP contribution in [0.15, 0.2) is 75.9 Å². The normalized spacial score (nSPS) is 16.0. The van der Waals surface area contributed by atoms with E-state index >= 15 is 0 Å². The van der Waals surface area contributed by atoms with E-state index in [9.17, 15) is 0 Å². The summed E-state index contributed by atoms with van der Waals surface area (Å²) in [5, 5.41) is 0.720. The van der Waals surface area contributed by atoms with E-state index in [-0.39, 0.29) is 0 Å². The predicted octanol–water partition coefficient (Wildman–Crippen LogP) is 5.66. The van der Waals surface area contributed by atoms with Crippen molar-refractivity contribution >= 4 is 23.4 Å². The van der Waals surface area contributed by atoms with Crippen LogP contribution in [-0.2, 0) is 0 Å². The molecule has 4 rings (SSSR count). The monoisotopic (exact) mass is 348 g/mol. The fourth-order valence-corrected chi connectivity index (χ4v) is 3.10. The van der Waals surface area contributed by atoms with Crippen molar-refractivity contribution in [1.29, 1.82) is 0 Å². The van der Waals surface area contributed by atoms with Crippen LogP contribution in [0.2, 0.25) is 5.02 Å². The Hall–Kier alpha value is -2.65. The Bertz CT molecular complexity index is 924. The summed E-state index contributed by atoms with van der Waals surface area (Å²) in [6.45, 7) is 0.857. The molecule has 1 aromatic carbocycles. The van der Waals surface area contributed by atoms with Gasteiger partial charge in [0.15, 0.2) is 0 Å². The van der Waals surface area contributed by atoms with Gasteiger partial charge in [-0.2, -0.15) is 0 Å². The lowest BCUT2D eigenvalue weighted by molar-refractivity contribution is 0.571. The molecular weight excluding hydrogens is 332 g/mol. The summed E-state index contributed by atoms with van der Waals surface area (Å²) in [6, 6.07) is 15.6. The first-order chi connectivity index (χ1) is 12.3. The average Bonchev–Trinajstić information content (AvgIpc) is 3.12. The van der Waals surface area contributed by atoms with Gasteiger partial charge in [0.2, 0.25) is 0 Å². The van der Waals surface area contributed by atoms with E-state index in [0.717, 1.165) is 52.8 Å². The van der Waals surface area contributed by atoms with Gasteiger partial charge in [-0.3, -0.25) is 9.98 Å². The molecule has 0 fully saturated rings. The molecule has 0 aliphatic carbocycles. The lowest BCUT2D eigenvalue weighted by atomic mass is 9.96. The number of rotatable bonds is 3. The van der Waals surface area contributed by atoms with E-state index in [0.29, 0.717) is 0 Å². The Morgan fingerprint density at radius 1 is 1.00 bits per heavy atom. The minimum absolute atomic E-state index is 0.720. The van der Waals surface area contributed by atoms with Crippen LogP contribution in [0.25, 0.3) is 17.4 Å². The number of halogens is 1. The molecule has 1 aliphatic rings. The third-order valence-corrected chi connectivity index (χ3v) is 4.44. The van der Waals surface area contributed by atoms with E-state index in [2.05, 4.69) is 11.1 Å². The number of allylic oxidation sites excluding steroid dienone is 1. The molecule has 0 unspecified atom stereocenters. The van der Waals surface area contributed by atoms with Gasteiger partial charge in [0.05, 0.1) is 5.71 Å². The van der Waals surface area contributed by atoms with E-state index in [1.807, 2.05) is 54.7 Å². The van der Waals surface area contributed by atoms with Gasteiger partial charge in [0.1, 0.15) is 11.5 Å². The standard InChI is InChI=1S/C21H17ClN2O/c22-18-7-5-15(6-8-18)20-10-9-19(25-20)13-16-3-2-12-24-21(16)17-4-1-11-23-14-17/h1,4-11,13-14H,2-3,12H2/b16-13+. The average molecular weight is 349 g/mol. The number of hydrogen-bond donors (Lipinski definition) is 0. The maximum absolute atomic E-state index is 6.01. The molecule has 3 nitrogen and oxygen atoms in total. The molecule has 25 heavy (non-hydrogen) atoms. The number of aromatic nitrogens is 1. The number of benzene rings is 1. The van der Waals surface area contributed by atoms with Gasteiger partial charge < -0.3 is 4.42 Å². The molecule has 2 aromatic heterocycles. The van der Waals surface area contributed by atoms with Gasteiger partial charge in [-0.15, -0.1) is 0 Å². The topological polar surface area (TPSA) is 38.4 Å². The molecule has 3 heterocycles. The Morgan fingerprint density at radius 2 is 1.88 bits per heavy atom. The zero-order valence-corrected chi connectivity index (χ0v) is 14.4. The first-order valence-electron chi connectivity index (χ1n) is 8.31. The van der Waals surface area contributed by atoms with Crippen LogP contribution in [0.1, 0.15) is 24.2 Å².